The normalized spacial score (nSPS) is 11.0. The van der Waals surface area contributed by atoms with Crippen LogP contribution in [0.3, 0.4) is 0 Å². The molecule has 0 fully saturated rings. The molecule has 0 heterocycles. The van der Waals surface area contributed by atoms with E-state index < -0.39 is 0 Å². The summed E-state index contributed by atoms with van der Waals surface area (Å²) in [6.07, 6.45) is 3.61. The summed E-state index contributed by atoms with van der Waals surface area (Å²) in [6, 6.07) is 1.67. The van der Waals surface area contributed by atoms with Gasteiger partial charge in [0.1, 0.15) is 11.6 Å². The summed E-state index contributed by atoms with van der Waals surface area (Å²) < 4.78 is 19.1. The van der Waals surface area contributed by atoms with Crippen LogP contribution in [0, 0.1) is 12.7 Å². The van der Waals surface area contributed by atoms with Crippen molar-refractivity contribution in [2.45, 2.75) is 6.92 Å². The fraction of sp³-hybridized carbons (Fsp3) is 0.273. The second-order valence-electron chi connectivity index (χ2n) is 3.06. The monoisotopic (exact) mass is 273 g/mol. The van der Waals surface area contributed by atoms with E-state index in [2.05, 4.69) is 15.9 Å². The van der Waals surface area contributed by atoms with Gasteiger partial charge in [-0.1, -0.05) is 12.2 Å². The summed E-state index contributed by atoms with van der Waals surface area (Å²) in [5, 5.41) is 0. The molecule has 0 aromatic heterocycles. The Morgan fingerprint density at radius 3 is 2.80 bits per heavy atom. The summed E-state index contributed by atoms with van der Waals surface area (Å²) >= 11 is 3.16. The second-order valence-corrected chi connectivity index (χ2v) is 3.91. The zero-order chi connectivity index (χ0) is 11.4. The molecule has 1 rings (SSSR count). The average molecular weight is 274 g/mol. The molecule has 4 heteroatoms. The smallest absolute Gasteiger partial charge is 0.144 e. The Balaban J connectivity index is 3.31. The quantitative estimate of drug-likeness (QED) is 0.919. The minimum atomic E-state index is -0.295. The molecule has 2 nitrogen and oxygen atoms in total. The first-order chi connectivity index (χ1) is 7.11. The minimum Gasteiger partial charge on any atom is -0.496 e. The highest BCUT2D eigenvalue weighted by atomic mass is 79.9. The molecule has 0 amide bonds. The maximum atomic E-state index is 13.5. The molecule has 0 aliphatic heterocycles. The lowest BCUT2D eigenvalue weighted by atomic mass is 10.1. The Hall–Kier alpha value is -0.870. The fourth-order valence-electron chi connectivity index (χ4n) is 1.35. The van der Waals surface area contributed by atoms with Crippen LogP contribution in [0.15, 0.2) is 16.6 Å². The molecule has 0 saturated carbocycles. The lowest BCUT2D eigenvalue weighted by Crippen LogP contribution is -1.96. The molecule has 0 aliphatic rings. The molecule has 0 unspecified atom stereocenters. The van der Waals surface area contributed by atoms with Crippen molar-refractivity contribution in [1.82, 2.24) is 0 Å². The van der Waals surface area contributed by atoms with Gasteiger partial charge in [0.15, 0.2) is 0 Å². The molecule has 0 saturated heterocycles. The molecule has 15 heavy (non-hydrogen) atoms. The predicted octanol–water partition coefficient (Wildman–Crippen LogP) is 2.88. The Labute approximate surface area is 97.1 Å². The van der Waals surface area contributed by atoms with Crippen LogP contribution in [0.4, 0.5) is 4.39 Å². The van der Waals surface area contributed by atoms with Crippen molar-refractivity contribution in [3.8, 4) is 5.75 Å². The topological polar surface area (TPSA) is 35.2 Å². The van der Waals surface area contributed by atoms with Crippen LogP contribution in [-0.2, 0) is 0 Å². The largest absolute Gasteiger partial charge is 0.496 e. The van der Waals surface area contributed by atoms with Gasteiger partial charge in [0.25, 0.3) is 0 Å². The zero-order valence-electron chi connectivity index (χ0n) is 8.68. The van der Waals surface area contributed by atoms with Gasteiger partial charge < -0.3 is 10.5 Å². The third-order valence-corrected chi connectivity index (χ3v) is 2.64. The van der Waals surface area contributed by atoms with Gasteiger partial charge in [-0.2, -0.15) is 0 Å². The van der Waals surface area contributed by atoms with Crippen LogP contribution in [-0.4, -0.2) is 13.7 Å². The second kappa shape index (κ2) is 5.28. The first-order valence-corrected chi connectivity index (χ1v) is 5.30. The van der Waals surface area contributed by atoms with E-state index in [0.717, 1.165) is 5.56 Å². The average Bonchev–Trinajstić information content (AvgIpc) is 2.23. The van der Waals surface area contributed by atoms with Crippen molar-refractivity contribution in [2.24, 2.45) is 5.73 Å². The van der Waals surface area contributed by atoms with Crippen molar-refractivity contribution < 1.29 is 9.13 Å². The Morgan fingerprint density at radius 1 is 1.60 bits per heavy atom. The van der Waals surface area contributed by atoms with E-state index in [9.17, 15) is 4.39 Å². The van der Waals surface area contributed by atoms with E-state index >= 15 is 0 Å². The van der Waals surface area contributed by atoms with Gasteiger partial charge >= 0.3 is 0 Å². The Kier molecular flexibility index (Phi) is 4.29. The summed E-state index contributed by atoms with van der Waals surface area (Å²) in [7, 11) is 1.52. The van der Waals surface area contributed by atoms with E-state index in [1.165, 1.54) is 7.11 Å². The molecule has 0 aliphatic carbocycles. The fourth-order valence-corrected chi connectivity index (χ4v) is 1.89. The van der Waals surface area contributed by atoms with E-state index in [0.29, 0.717) is 22.3 Å². The van der Waals surface area contributed by atoms with Crippen LogP contribution >= 0.6 is 15.9 Å². The lowest BCUT2D eigenvalue weighted by Gasteiger charge is -2.10. The number of halogens is 2. The molecule has 0 radical (unpaired) electrons. The summed E-state index contributed by atoms with van der Waals surface area (Å²) in [4.78, 5) is 0. The van der Waals surface area contributed by atoms with Crippen LogP contribution in [0.5, 0.6) is 5.75 Å². The van der Waals surface area contributed by atoms with Crippen LogP contribution in [0.1, 0.15) is 11.1 Å². The molecular formula is C11H13BrFNO. The highest BCUT2D eigenvalue weighted by molar-refractivity contribution is 9.10. The molecular weight excluding hydrogens is 261 g/mol. The van der Waals surface area contributed by atoms with E-state index in [1.807, 2.05) is 6.08 Å². The van der Waals surface area contributed by atoms with Gasteiger partial charge in [-0.15, -0.1) is 0 Å². The molecule has 0 spiro atoms. The Bertz CT molecular complexity index is 391. The maximum Gasteiger partial charge on any atom is 0.144 e. The summed E-state index contributed by atoms with van der Waals surface area (Å²) in [5.41, 5.74) is 6.66. The highest BCUT2D eigenvalue weighted by Crippen LogP contribution is 2.31. The van der Waals surface area contributed by atoms with Crippen LogP contribution in [0.25, 0.3) is 6.08 Å². The van der Waals surface area contributed by atoms with Crippen molar-refractivity contribution >= 4 is 22.0 Å². The SMILES string of the molecule is COc1c(/C=C/CN)cc(Br)c(F)c1C. The molecule has 1 aromatic rings. The number of nitrogens with two attached hydrogens (primary N) is 1. The van der Waals surface area contributed by atoms with Gasteiger partial charge in [0.2, 0.25) is 0 Å². The maximum absolute atomic E-state index is 13.5. The third-order valence-electron chi connectivity index (χ3n) is 2.06. The summed E-state index contributed by atoms with van der Waals surface area (Å²) in [6.45, 7) is 2.12. The molecule has 0 bridgehead atoms. The summed E-state index contributed by atoms with van der Waals surface area (Å²) in [5.74, 6) is 0.247. The van der Waals surface area contributed by atoms with Gasteiger partial charge in [-0.05, 0) is 28.9 Å². The van der Waals surface area contributed by atoms with Crippen LogP contribution < -0.4 is 10.5 Å². The van der Waals surface area contributed by atoms with Crippen molar-refractivity contribution in [2.75, 3.05) is 13.7 Å². The number of methoxy groups -OCH3 is 1. The number of rotatable bonds is 3. The molecule has 2 N–H and O–H groups in total. The standard InChI is InChI=1S/C11H13BrFNO/c1-7-10(13)9(12)6-8(4-3-5-14)11(7)15-2/h3-4,6H,5,14H2,1-2H3/b4-3+. The number of ether oxygens (including phenoxy) is 1. The lowest BCUT2D eigenvalue weighted by molar-refractivity contribution is 0.406. The van der Waals surface area contributed by atoms with Gasteiger partial charge in [-0.25, -0.2) is 4.39 Å². The predicted molar refractivity (Wildman–Crippen MR) is 63.5 cm³/mol. The number of hydrogen-bond acceptors (Lipinski definition) is 2. The van der Waals surface area contributed by atoms with Crippen molar-refractivity contribution in [3.63, 3.8) is 0 Å². The van der Waals surface area contributed by atoms with E-state index in [4.69, 9.17) is 10.5 Å². The van der Waals surface area contributed by atoms with Gasteiger partial charge in [-0.3, -0.25) is 0 Å². The Morgan fingerprint density at radius 2 is 2.27 bits per heavy atom. The van der Waals surface area contributed by atoms with E-state index in [-0.39, 0.29) is 5.82 Å². The van der Waals surface area contributed by atoms with Crippen molar-refractivity contribution in [3.05, 3.63) is 33.6 Å². The van der Waals surface area contributed by atoms with Gasteiger partial charge in [0, 0.05) is 17.7 Å². The number of hydrogen-bond donors (Lipinski definition) is 1. The van der Waals surface area contributed by atoms with Crippen molar-refractivity contribution in [1.29, 1.82) is 0 Å². The first-order valence-electron chi connectivity index (χ1n) is 4.51. The highest BCUT2D eigenvalue weighted by Gasteiger charge is 2.12. The van der Waals surface area contributed by atoms with E-state index in [1.54, 1.807) is 19.1 Å². The zero-order valence-corrected chi connectivity index (χ0v) is 10.3. The van der Waals surface area contributed by atoms with Crippen LogP contribution in [0.2, 0.25) is 0 Å². The third kappa shape index (κ3) is 2.58. The number of benzene rings is 1. The minimum absolute atomic E-state index is 0.295. The first kappa shape index (κ1) is 12.2. The molecule has 1 aromatic carbocycles. The molecule has 0 atom stereocenters. The van der Waals surface area contributed by atoms with Gasteiger partial charge in [0.05, 0.1) is 11.6 Å². The molecule has 82 valence electrons.